The molecule has 0 radical (unpaired) electrons. The normalized spacial score (nSPS) is 15.1. The lowest BCUT2D eigenvalue weighted by atomic mass is 10.2. The van der Waals surface area contributed by atoms with Crippen molar-refractivity contribution in [1.29, 1.82) is 0 Å². The number of fused-ring (bicyclic) bond motifs is 1. The van der Waals surface area contributed by atoms with Gasteiger partial charge in [0.05, 0.1) is 10.7 Å². The van der Waals surface area contributed by atoms with Crippen LogP contribution in [0.1, 0.15) is 19.2 Å². The minimum atomic E-state index is 0.759. The van der Waals surface area contributed by atoms with Crippen LogP contribution in [0, 0.1) is 0 Å². The minimum Gasteiger partial charge on any atom is -0.367 e. The van der Waals surface area contributed by atoms with Crippen molar-refractivity contribution >= 4 is 28.9 Å². The maximum atomic E-state index is 6.37. The Labute approximate surface area is 182 Å². The molecular weight excluding hydrogens is 398 g/mol. The van der Waals surface area contributed by atoms with Crippen LogP contribution in [0.5, 0.6) is 0 Å². The van der Waals surface area contributed by atoms with Gasteiger partial charge in [0.1, 0.15) is 5.82 Å². The Kier molecular flexibility index (Phi) is 6.69. The lowest BCUT2D eigenvalue weighted by Gasteiger charge is -2.38. The van der Waals surface area contributed by atoms with Gasteiger partial charge in [0.2, 0.25) is 0 Å². The van der Waals surface area contributed by atoms with E-state index in [1.54, 1.807) is 0 Å². The van der Waals surface area contributed by atoms with Gasteiger partial charge in [-0.25, -0.2) is 0 Å². The van der Waals surface area contributed by atoms with E-state index < -0.39 is 0 Å². The molecule has 1 aliphatic heterocycles. The molecule has 1 N–H and O–H groups in total. The predicted molar refractivity (Wildman–Crippen MR) is 123 cm³/mol. The first-order chi connectivity index (χ1) is 14.8. The quantitative estimate of drug-likeness (QED) is 0.373. The van der Waals surface area contributed by atoms with Crippen molar-refractivity contribution in [3.8, 4) is 0 Å². The number of nitrogens with one attached hydrogen (secondary N) is 1. The Morgan fingerprint density at radius 2 is 1.87 bits per heavy atom. The fourth-order valence-corrected chi connectivity index (χ4v) is 4.03. The molecule has 1 fully saturated rings. The second-order valence-electron chi connectivity index (χ2n) is 7.31. The summed E-state index contributed by atoms with van der Waals surface area (Å²) in [6, 6.07) is 14.0. The van der Waals surface area contributed by atoms with Crippen molar-refractivity contribution in [2.45, 2.75) is 19.8 Å². The number of piperazine rings is 1. The van der Waals surface area contributed by atoms with Crippen LogP contribution in [0.3, 0.4) is 0 Å². The third-order valence-corrected chi connectivity index (χ3v) is 5.63. The van der Waals surface area contributed by atoms with Crippen molar-refractivity contribution < 1.29 is 0 Å². The summed E-state index contributed by atoms with van der Waals surface area (Å²) in [5, 5.41) is 12.8. The van der Waals surface area contributed by atoms with Crippen LogP contribution >= 0.6 is 11.6 Å². The van der Waals surface area contributed by atoms with E-state index in [2.05, 4.69) is 38.3 Å². The highest BCUT2D eigenvalue weighted by molar-refractivity contribution is 6.33. The average molecular weight is 426 g/mol. The first-order valence-electron chi connectivity index (χ1n) is 10.6. The lowest BCUT2D eigenvalue weighted by molar-refractivity contribution is 0.372. The fourth-order valence-electron chi connectivity index (χ4n) is 3.78. The number of guanidine groups is 1. The van der Waals surface area contributed by atoms with E-state index in [4.69, 9.17) is 16.6 Å². The Hall–Kier alpha value is -2.80. The molecule has 0 atom stereocenters. The Morgan fingerprint density at radius 1 is 1.07 bits per heavy atom. The molecule has 8 heteroatoms. The maximum absolute atomic E-state index is 6.37. The van der Waals surface area contributed by atoms with Gasteiger partial charge in [0.25, 0.3) is 0 Å². The number of aliphatic imine (C=N–C) groups is 1. The predicted octanol–water partition coefficient (Wildman–Crippen LogP) is 3.10. The highest BCUT2D eigenvalue weighted by Crippen LogP contribution is 2.26. The van der Waals surface area contributed by atoms with Gasteiger partial charge < -0.3 is 15.1 Å². The zero-order chi connectivity index (χ0) is 20.8. The van der Waals surface area contributed by atoms with Gasteiger partial charge in [0, 0.05) is 51.9 Å². The molecule has 158 valence electrons. The van der Waals surface area contributed by atoms with Gasteiger partial charge in [-0.2, -0.15) is 0 Å². The summed E-state index contributed by atoms with van der Waals surface area (Å²) in [5.41, 5.74) is 2.00. The molecule has 3 aromatic rings. The molecule has 4 rings (SSSR count). The second kappa shape index (κ2) is 9.80. The molecule has 0 aliphatic carbocycles. The summed E-state index contributed by atoms with van der Waals surface area (Å²) in [4.78, 5) is 9.54. The van der Waals surface area contributed by atoms with Crippen molar-refractivity contribution in [1.82, 2.24) is 24.8 Å². The third-order valence-electron chi connectivity index (χ3n) is 5.31. The van der Waals surface area contributed by atoms with Gasteiger partial charge in [-0.1, -0.05) is 29.8 Å². The van der Waals surface area contributed by atoms with E-state index in [1.807, 2.05) is 47.0 Å². The van der Waals surface area contributed by atoms with Crippen LogP contribution in [-0.2, 0) is 6.42 Å². The van der Waals surface area contributed by atoms with Crippen molar-refractivity contribution in [3.63, 3.8) is 0 Å². The van der Waals surface area contributed by atoms with Gasteiger partial charge in [-0.3, -0.25) is 9.39 Å². The molecule has 1 aromatic carbocycles. The largest absolute Gasteiger partial charge is 0.367 e. The number of nitrogens with zero attached hydrogens (tertiary/aromatic N) is 6. The van der Waals surface area contributed by atoms with E-state index in [-0.39, 0.29) is 0 Å². The van der Waals surface area contributed by atoms with Gasteiger partial charge in [-0.05, 0) is 37.6 Å². The van der Waals surface area contributed by atoms with Crippen LogP contribution in [-0.4, -0.2) is 64.7 Å². The molecule has 1 aliphatic rings. The number of hydrogen-bond acceptors (Lipinski definition) is 4. The van der Waals surface area contributed by atoms with Gasteiger partial charge in [-0.15, -0.1) is 10.2 Å². The first-order valence-corrected chi connectivity index (χ1v) is 11.0. The van der Waals surface area contributed by atoms with Crippen LogP contribution in [0.15, 0.2) is 53.7 Å². The number of aryl methyl sites for hydroxylation is 1. The van der Waals surface area contributed by atoms with Crippen LogP contribution < -0.4 is 10.2 Å². The number of halogens is 1. The van der Waals surface area contributed by atoms with E-state index >= 15 is 0 Å². The van der Waals surface area contributed by atoms with Crippen molar-refractivity contribution in [3.05, 3.63) is 59.5 Å². The standard InChI is InChI=1S/C22H28ClN7/c1-2-24-22(25-12-7-11-21-27-26-20-10-5-6-13-30(20)21)29-16-14-28(15-17-29)19-9-4-3-8-18(19)23/h3-6,8-10,13H,2,7,11-12,14-17H2,1H3,(H,24,25). The van der Waals surface area contributed by atoms with E-state index in [1.165, 1.54) is 0 Å². The molecule has 3 heterocycles. The number of pyridine rings is 1. The Morgan fingerprint density at radius 3 is 2.67 bits per heavy atom. The van der Waals surface area contributed by atoms with Crippen molar-refractivity contribution in [2.75, 3.05) is 44.2 Å². The Balaban J connectivity index is 1.32. The number of para-hydroxylation sites is 1. The molecule has 7 nitrogen and oxygen atoms in total. The monoisotopic (exact) mass is 425 g/mol. The molecule has 0 bridgehead atoms. The summed E-state index contributed by atoms with van der Waals surface area (Å²) in [5.74, 6) is 1.97. The van der Waals surface area contributed by atoms with Crippen LogP contribution in [0.2, 0.25) is 5.02 Å². The molecule has 0 unspecified atom stereocenters. The number of rotatable bonds is 6. The number of benzene rings is 1. The second-order valence-corrected chi connectivity index (χ2v) is 7.72. The maximum Gasteiger partial charge on any atom is 0.194 e. The van der Waals surface area contributed by atoms with E-state index in [9.17, 15) is 0 Å². The van der Waals surface area contributed by atoms with Gasteiger partial charge >= 0.3 is 0 Å². The zero-order valence-corrected chi connectivity index (χ0v) is 18.1. The summed E-state index contributed by atoms with van der Waals surface area (Å²) >= 11 is 6.37. The topological polar surface area (TPSA) is 61.1 Å². The van der Waals surface area contributed by atoms with Crippen LogP contribution in [0.4, 0.5) is 5.69 Å². The van der Waals surface area contributed by atoms with Crippen LogP contribution in [0.25, 0.3) is 5.65 Å². The summed E-state index contributed by atoms with van der Waals surface area (Å²) in [6.07, 6.45) is 3.80. The number of aromatic nitrogens is 3. The van der Waals surface area contributed by atoms with Gasteiger partial charge in [0.15, 0.2) is 11.6 Å². The first kappa shape index (κ1) is 20.5. The fraction of sp³-hybridized carbons (Fsp3) is 0.409. The minimum absolute atomic E-state index is 0.759. The molecule has 30 heavy (non-hydrogen) atoms. The van der Waals surface area contributed by atoms with Crippen molar-refractivity contribution in [2.24, 2.45) is 4.99 Å². The SMILES string of the molecule is CCNC(=NCCCc1nnc2ccccn12)N1CCN(c2ccccc2Cl)CC1. The zero-order valence-electron chi connectivity index (χ0n) is 17.3. The summed E-state index contributed by atoms with van der Waals surface area (Å²) in [7, 11) is 0. The average Bonchev–Trinajstić information content (AvgIpc) is 3.20. The van der Waals surface area contributed by atoms with E-state index in [0.717, 1.165) is 80.3 Å². The smallest absolute Gasteiger partial charge is 0.194 e. The number of anilines is 1. The summed E-state index contributed by atoms with van der Waals surface area (Å²) in [6.45, 7) is 7.43. The highest BCUT2D eigenvalue weighted by atomic mass is 35.5. The lowest BCUT2D eigenvalue weighted by Crippen LogP contribution is -2.52. The molecule has 0 amide bonds. The molecule has 2 aromatic heterocycles. The molecule has 1 saturated heterocycles. The van der Waals surface area contributed by atoms with E-state index in [0.29, 0.717) is 0 Å². The molecular formula is C22H28ClN7. The molecule has 0 saturated carbocycles. The summed E-state index contributed by atoms with van der Waals surface area (Å²) < 4.78 is 2.04. The third kappa shape index (κ3) is 4.67. The molecule has 0 spiro atoms. The number of hydrogen-bond donors (Lipinski definition) is 1. The highest BCUT2D eigenvalue weighted by Gasteiger charge is 2.21. The Bertz CT molecular complexity index is 992.